The SMILES string of the molecule is [Al+2][CH2]Oc1ccccc1. The molecule has 2 heteroatoms. The molecule has 0 aliphatic heterocycles. The number of benzene rings is 1. The molecule has 0 saturated carbocycles. The molecule has 0 heterocycles. The molecule has 0 N–H and O–H groups in total. The van der Waals surface area contributed by atoms with Crippen molar-refractivity contribution in [3.63, 3.8) is 0 Å². The Morgan fingerprint density at radius 1 is 1.22 bits per heavy atom. The normalized spacial score (nSPS) is 9.11. The molecule has 0 fully saturated rings. The first-order valence-corrected chi connectivity index (χ1v) is 3.63. The Morgan fingerprint density at radius 3 is 2.44 bits per heavy atom. The molecule has 9 heavy (non-hydrogen) atoms. The molecule has 0 aliphatic rings. The van der Waals surface area contributed by atoms with Gasteiger partial charge in [0.15, 0.2) is 0 Å². The van der Waals surface area contributed by atoms with Crippen LogP contribution in [0.5, 0.6) is 5.75 Å². The van der Waals surface area contributed by atoms with Gasteiger partial charge in [0.25, 0.3) is 0 Å². The van der Waals surface area contributed by atoms with Crippen molar-refractivity contribution in [1.29, 1.82) is 0 Å². The van der Waals surface area contributed by atoms with Crippen LogP contribution >= 0.6 is 0 Å². The van der Waals surface area contributed by atoms with Crippen LogP contribution in [0.1, 0.15) is 0 Å². The van der Waals surface area contributed by atoms with Gasteiger partial charge in [0.1, 0.15) is 0 Å². The number of hydrogen-bond acceptors (Lipinski definition) is 1. The third-order valence-electron chi connectivity index (χ3n) is 0.993. The third-order valence-corrected chi connectivity index (χ3v) is 1.16. The van der Waals surface area contributed by atoms with Crippen LogP contribution in [0, 0.1) is 0 Å². The van der Waals surface area contributed by atoms with Crippen LogP contribution in [-0.2, 0) is 0 Å². The van der Waals surface area contributed by atoms with Crippen LogP contribution in [0.15, 0.2) is 30.3 Å². The fourth-order valence-electron chi connectivity index (χ4n) is 0.613. The summed E-state index contributed by atoms with van der Waals surface area (Å²) in [5.74, 6) is 0.924. The fourth-order valence-corrected chi connectivity index (χ4v) is 0.805. The van der Waals surface area contributed by atoms with Crippen molar-refractivity contribution < 1.29 is 4.74 Å². The van der Waals surface area contributed by atoms with E-state index < -0.39 is 0 Å². The van der Waals surface area contributed by atoms with Crippen LogP contribution in [0.25, 0.3) is 0 Å². The van der Waals surface area contributed by atoms with E-state index in [1.807, 2.05) is 30.3 Å². The molecule has 0 unspecified atom stereocenters. The average Bonchev–Trinajstić information content (AvgIpc) is 1.91. The van der Waals surface area contributed by atoms with Crippen molar-refractivity contribution in [3.05, 3.63) is 30.3 Å². The third kappa shape index (κ3) is 2.09. The van der Waals surface area contributed by atoms with E-state index in [4.69, 9.17) is 4.74 Å². The first kappa shape index (κ1) is 6.67. The Morgan fingerprint density at radius 2 is 1.89 bits per heavy atom. The molecule has 0 saturated heterocycles. The summed E-state index contributed by atoms with van der Waals surface area (Å²) in [5.41, 5.74) is 0.657. The van der Waals surface area contributed by atoms with E-state index in [-0.39, 0.29) is 0 Å². The zero-order valence-electron chi connectivity index (χ0n) is 5.08. The van der Waals surface area contributed by atoms with Crippen LogP contribution < -0.4 is 4.74 Å². The van der Waals surface area contributed by atoms with Gasteiger partial charge in [0.05, 0.1) is 0 Å². The zero-order valence-corrected chi connectivity index (χ0v) is 6.23. The molecule has 1 rings (SSSR count). The van der Waals surface area contributed by atoms with Gasteiger partial charge in [0.2, 0.25) is 0 Å². The standard InChI is InChI=1S/C7H7O.Al/c1-8-7-5-3-2-4-6-7;/h2-6H,1H2;/q;+2. The number of ether oxygens (including phenoxy) is 1. The van der Waals surface area contributed by atoms with Crippen molar-refractivity contribution in [3.8, 4) is 5.75 Å². The van der Waals surface area contributed by atoms with E-state index >= 15 is 0 Å². The van der Waals surface area contributed by atoms with E-state index in [1.54, 1.807) is 0 Å². The molecular formula is C7H7AlO+2. The molecule has 1 nitrogen and oxygen atoms in total. The predicted molar refractivity (Wildman–Crippen MR) is 37.7 cm³/mol. The Hall–Kier alpha value is -0.448. The van der Waals surface area contributed by atoms with Crippen LogP contribution in [-0.4, -0.2) is 21.8 Å². The molecule has 0 amide bonds. The van der Waals surface area contributed by atoms with Gasteiger partial charge in [-0.3, -0.25) is 0 Å². The second-order valence-electron chi connectivity index (χ2n) is 1.62. The first-order chi connectivity index (χ1) is 4.43. The monoisotopic (exact) mass is 134 g/mol. The number of hydrogen-bond donors (Lipinski definition) is 0. The minimum atomic E-state index is 0.657. The summed E-state index contributed by atoms with van der Waals surface area (Å²) in [6.45, 7) is 0. The Labute approximate surface area is 63.1 Å². The van der Waals surface area contributed by atoms with E-state index in [9.17, 15) is 0 Å². The summed E-state index contributed by atoms with van der Waals surface area (Å²) in [5, 5.41) is 0. The van der Waals surface area contributed by atoms with Crippen molar-refractivity contribution in [2.24, 2.45) is 0 Å². The van der Waals surface area contributed by atoms with Gasteiger partial charge in [-0.25, -0.2) is 0 Å². The molecule has 0 aliphatic carbocycles. The summed E-state index contributed by atoms with van der Waals surface area (Å²) in [4.78, 5) is 0. The van der Waals surface area contributed by atoms with Crippen LogP contribution in [0.2, 0.25) is 0 Å². The number of rotatable bonds is 2. The summed E-state index contributed by atoms with van der Waals surface area (Å²) in [6.07, 6.45) is 0. The predicted octanol–water partition coefficient (Wildman–Crippen LogP) is 1.19. The number of para-hydroxylation sites is 1. The molecule has 0 spiro atoms. The summed E-state index contributed by atoms with van der Waals surface area (Å²) < 4.78 is 5.17. The second kappa shape index (κ2) is 3.55. The van der Waals surface area contributed by atoms with E-state index in [0.29, 0.717) is 5.47 Å². The maximum atomic E-state index is 5.17. The Bertz CT molecular complexity index is 162. The molecule has 0 bridgehead atoms. The van der Waals surface area contributed by atoms with Crippen molar-refractivity contribution in [1.82, 2.24) is 0 Å². The van der Waals surface area contributed by atoms with Gasteiger partial charge in [-0.15, -0.1) is 0 Å². The molecule has 42 valence electrons. The second-order valence-corrected chi connectivity index (χ2v) is 1.96. The van der Waals surface area contributed by atoms with Gasteiger partial charge in [-0.2, -0.15) is 0 Å². The van der Waals surface area contributed by atoms with Gasteiger partial charge in [-0.05, 0) is 0 Å². The molecule has 0 radical (unpaired) electrons. The molecule has 0 aromatic heterocycles. The van der Waals surface area contributed by atoms with Gasteiger partial charge in [-0.1, -0.05) is 0 Å². The summed E-state index contributed by atoms with van der Waals surface area (Å²) in [7, 11) is 0. The van der Waals surface area contributed by atoms with Crippen LogP contribution in [0.4, 0.5) is 0 Å². The van der Waals surface area contributed by atoms with E-state index in [0.717, 1.165) is 5.75 Å². The van der Waals surface area contributed by atoms with E-state index in [1.165, 1.54) is 0 Å². The topological polar surface area (TPSA) is 9.23 Å². The van der Waals surface area contributed by atoms with Crippen molar-refractivity contribution in [2.75, 3.05) is 5.47 Å². The fraction of sp³-hybridized carbons (Fsp3) is 0.143. The Kier molecular flexibility index (Phi) is 2.63. The first-order valence-electron chi connectivity index (χ1n) is 2.81. The van der Waals surface area contributed by atoms with Crippen molar-refractivity contribution >= 4 is 16.3 Å². The van der Waals surface area contributed by atoms with Gasteiger partial charge < -0.3 is 0 Å². The zero-order chi connectivity index (χ0) is 6.53. The molecule has 0 atom stereocenters. The van der Waals surface area contributed by atoms with Gasteiger partial charge in [0, 0.05) is 0 Å². The quantitative estimate of drug-likeness (QED) is 0.552. The maximum absolute atomic E-state index is 5.17. The molecular weight excluding hydrogens is 127 g/mol. The Balaban J connectivity index is 2.61. The summed E-state index contributed by atoms with van der Waals surface area (Å²) >= 11 is 2.51. The van der Waals surface area contributed by atoms with Crippen LogP contribution in [0.3, 0.4) is 0 Å². The van der Waals surface area contributed by atoms with E-state index in [2.05, 4.69) is 16.3 Å². The molecule has 1 aromatic rings. The van der Waals surface area contributed by atoms with Crippen molar-refractivity contribution in [2.45, 2.75) is 0 Å². The average molecular weight is 134 g/mol. The minimum absolute atomic E-state index is 0.657. The molecule has 1 aromatic carbocycles. The van der Waals surface area contributed by atoms with Gasteiger partial charge >= 0.3 is 62.6 Å². The summed E-state index contributed by atoms with van der Waals surface area (Å²) in [6, 6.07) is 9.75.